The van der Waals surface area contributed by atoms with Crippen molar-refractivity contribution in [3.05, 3.63) is 23.2 Å². The molecule has 1 aromatic rings. The molecule has 8 heteroatoms. The number of amides is 1. The van der Waals surface area contributed by atoms with Gasteiger partial charge in [-0.15, -0.1) is 0 Å². The van der Waals surface area contributed by atoms with Crippen LogP contribution in [-0.2, 0) is 16.1 Å². The lowest BCUT2D eigenvalue weighted by Crippen LogP contribution is -2.41. The van der Waals surface area contributed by atoms with Gasteiger partial charge in [-0.1, -0.05) is 0 Å². The summed E-state index contributed by atoms with van der Waals surface area (Å²) in [4.78, 5) is 27.6. The van der Waals surface area contributed by atoms with Crippen LogP contribution in [0.2, 0.25) is 0 Å². The van der Waals surface area contributed by atoms with Gasteiger partial charge in [0.15, 0.2) is 5.96 Å². The Morgan fingerprint density at radius 2 is 2.00 bits per heavy atom. The van der Waals surface area contributed by atoms with E-state index in [-0.39, 0.29) is 11.8 Å². The number of nitrogens with zero attached hydrogens (tertiary/aromatic N) is 1. The Morgan fingerprint density at radius 1 is 1.28 bits per heavy atom. The van der Waals surface area contributed by atoms with Gasteiger partial charge in [0, 0.05) is 25.6 Å². The zero-order valence-electron chi connectivity index (χ0n) is 15.0. The summed E-state index contributed by atoms with van der Waals surface area (Å²) in [6.45, 7) is 5.82. The third-order valence-corrected chi connectivity index (χ3v) is 3.78. The van der Waals surface area contributed by atoms with Crippen molar-refractivity contribution in [3.63, 3.8) is 0 Å². The van der Waals surface area contributed by atoms with E-state index in [1.165, 1.54) is 7.11 Å². The molecular weight excluding hydrogens is 324 g/mol. The fourth-order valence-electron chi connectivity index (χ4n) is 2.29. The van der Waals surface area contributed by atoms with Crippen LogP contribution in [0.3, 0.4) is 0 Å². The molecule has 3 N–H and O–H groups in total. The van der Waals surface area contributed by atoms with E-state index in [0.717, 1.165) is 12.8 Å². The van der Waals surface area contributed by atoms with Gasteiger partial charge in [-0.05, 0) is 32.8 Å². The fraction of sp³-hybridized carbons (Fsp3) is 0.588. The number of esters is 1. The molecule has 0 aliphatic heterocycles. The smallest absolute Gasteiger partial charge is 0.341 e. The summed E-state index contributed by atoms with van der Waals surface area (Å²) >= 11 is 0. The largest absolute Gasteiger partial charge is 0.465 e. The lowest BCUT2D eigenvalue weighted by Gasteiger charge is -2.11. The van der Waals surface area contributed by atoms with Crippen molar-refractivity contribution in [2.45, 2.75) is 33.2 Å². The van der Waals surface area contributed by atoms with Crippen molar-refractivity contribution in [1.29, 1.82) is 0 Å². The Bertz CT molecular complexity index is 635. The molecule has 0 unspecified atom stereocenters. The van der Waals surface area contributed by atoms with Gasteiger partial charge in [-0.2, -0.15) is 0 Å². The first kappa shape index (κ1) is 18.8. The lowest BCUT2D eigenvalue weighted by molar-refractivity contribution is -0.122. The molecule has 1 fully saturated rings. The van der Waals surface area contributed by atoms with E-state index < -0.39 is 5.97 Å². The van der Waals surface area contributed by atoms with Gasteiger partial charge in [0.2, 0.25) is 5.91 Å². The summed E-state index contributed by atoms with van der Waals surface area (Å²) in [5.74, 6) is 1.64. The number of ether oxygens (including phenoxy) is 1. The SMILES string of the molecule is CCNC(=NCc1cc(C(=O)OC)c(C)o1)NCCNC(=O)C1CC1. The molecule has 1 saturated carbocycles. The average Bonchev–Trinajstić information content (AvgIpc) is 3.38. The average molecular weight is 350 g/mol. The topological polar surface area (TPSA) is 105 Å². The maximum Gasteiger partial charge on any atom is 0.341 e. The number of carbonyl (C=O) groups is 2. The number of guanidine groups is 1. The van der Waals surface area contributed by atoms with E-state index in [2.05, 4.69) is 20.9 Å². The Hall–Kier alpha value is -2.51. The minimum absolute atomic E-state index is 0.130. The molecule has 0 spiro atoms. The summed E-state index contributed by atoms with van der Waals surface area (Å²) in [6, 6.07) is 1.64. The van der Waals surface area contributed by atoms with Crippen LogP contribution < -0.4 is 16.0 Å². The second kappa shape index (κ2) is 9.10. The molecule has 25 heavy (non-hydrogen) atoms. The van der Waals surface area contributed by atoms with Gasteiger partial charge in [-0.3, -0.25) is 4.79 Å². The summed E-state index contributed by atoms with van der Waals surface area (Å²) in [5.41, 5.74) is 0.411. The highest BCUT2D eigenvalue weighted by Gasteiger charge is 2.28. The molecule has 1 heterocycles. The van der Waals surface area contributed by atoms with E-state index >= 15 is 0 Å². The molecule has 1 amide bonds. The normalized spacial score (nSPS) is 14.1. The van der Waals surface area contributed by atoms with Crippen LogP contribution in [0.1, 0.15) is 41.6 Å². The second-order valence-corrected chi connectivity index (χ2v) is 5.86. The number of hydrogen-bond donors (Lipinski definition) is 3. The zero-order valence-corrected chi connectivity index (χ0v) is 15.0. The minimum atomic E-state index is -0.423. The first-order chi connectivity index (χ1) is 12.0. The van der Waals surface area contributed by atoms with Gasteiger partial charge >= 0.3 is 5.97 Å². The van der Waals surface area contributed by atoms with Gasteiger partial charge in [0.1, 0.15) is 23.6 Å². The molecule has 1 aliphatic rings. The lowest BCUT2D eigenvalue weighted by atomic mass is 10.2. The van der Waals surface area contributed by atoms with Crippen molar-refractivity contribution >= 4 is 17.8 Å². The van der Waals surface area contributed by atoms with E-state index in [1.54, 1.807) is 13.0 Å². The highest BCUT2D eigenvalue weighted by Crippen LogP contribution is 2.28. The molecule has 0 saturated heterocycles. The van der Waals surface area contributed by atoms with Gasteiger partial charge < -0.3 is 25.1 Å². The Balaban J connectivity index is 1.83. The number of nitrogens with one attached hydrogen (secondary N) is 3. The number of aliphatic imine (C=N–C) groups is 1. The molecule has 138 valence electrons. The van der Waals surface area contributed by atoms with Gasteiger partial charge in [-0.25, -0.2) is 9.79 Å². The number of carbonyl (C=O) groups excluding carboxylic acids is 2. The van der Waals surface area contributed by atoms with Crippen molar-refractivity contribution in [2.24, 2.45) is 10.9 Å². The third kappa shape index (κ3) is 5.81. The van der Waals surface area contributed by atoms with Crippen LogP contribution >= 0.6 is 0 Å². The molecule has 1 aliphatic carbocycles. The number of furan rings is 1. The Morgan fingerprint density at radius 3 is 2.64 bits per heavy atom. The maximum atomic E-state index is 11.6. The Kier molecular flexibility index (Phi) is 6.85. The maximum absolute atomic E-state index is 11.6. The second-order valence-electron chi connectivity index (χ2n) is 5.86. The Labute approximate surface area is 147 Å². The first-order valence-corrected chi connectivity index (χ1v) is 8.52. The zero-order chi connectivity index (χ0) is 18.2. The summed E-state index contributed by atoms with van der Waals surface area (Å²) < 4.78 is 10.2. The van der Waals surface area contributed by atoms with Gasteiger partial charge in [0.25, 0.3) is 0 Å². The standard InChI is InChI=1S/C17H26N4O4/c1-4-18-17(20-8-7-19-15(22)12-5-6-12)21-10-13-9-14(11(2)25-13)16(23)24-3/h9,12H,4-8,10H2,1-3H3,(H,19,22)(H2,18,20,21). The predicted octanol–water partition coefficient (Wildman–Crippen LogP) is 0.956. The van der Waals surface area contributed by atoms with Crippen molar-refractivity contribution in [2.75, 3.05) is 26.7 Å². The van der Waals surface area contributed by atoms with E-state index in [0.29, 0.717) is 49.2 Å². The monoisotopic (exact) mass is 350 g/mol. The van der Waals surface area contributed by atoms with Crippen LogP contribution in [0.5, 0.6) is 0 Å². The summed E-state index contributed by atoms with van der Waals surface area (Å²) in [7, 11) is 1.34. The van der Waals surface area contributed by atoms with Crippen molar-refractivity contribution in [3.8, 4) is 0 Å². The molecule has 0 atom stereocenters. The number of aryl methyl sites for hydroxylation is 1. The molecule has 8 nitrogen and oxygen atoms in total. The van der Waals surface area contributed by atoms with Crippen LogP contribution in [0.4, 0.5) is 0 Å². The summed E-state index contributed by atoms with van der Waals surface area (Å²) in [5, 5.41) is 9.17. The third-order valence-electron chi connectivity index (χ3n) is 3.78. The number of hydrogen-bond acceptors (Lipinski definition) is 5. The highest BCUT2D eigenvalue weighted by molar-refractivity contribution is 5.90. The molecule has 1 aromatic heterocycles. The van der Waals surface area contributed by atoms with E-state index in [4.69, 9.17) is 9.15 Å². The molecule has 0 bridgehead atoms. The fourth-order valence-corrected chi connectivity index (χ4v) is 2.29. The van der Waals surface area contributed by atoms with Crippen molar-refractivity contribution in [1.82, 2.24) is 16.0 Å². The van der Waals surface area contributed by atoms with Crippen LogP contribution in [0, 0.1) is 12.8 Å². The molecular formula is C17H26N4O4. The van der Waals surface area contributed by atoms with Crippen LogP contribution in [0.15, 0.2) is 15.5 Å². The molecule has 0 aromatic carbocycles. The molecule has 2 rings (SSSR count). The number of rotatable bonds is 8. The van der Waals surface area contributed by atoms with Gasteiger partial charge in [0.05, 0.1) is 7.11 Å². The van der Waals surface area contributed by atoms with Crippen LogP contribution in [-0.4, -0.2) is 44.6 Å². The predicted molar refractivity (Wildman–Crippen MR) is 93.3 cm³/mol. The molecule has 0 radical (unpaired) electrons. The van der Waals surface area contributed by atoms with Crippen LogP contribution in [0.25, 0.3) is 0 Å². The quantitative estimate of drug-likeness (QED) is 0.279. The minimum Gasteiger partial charge on any atom is -0.465 e. The number of methoxy groups -OCH3 is 1. The van der Waals surface area contributed by atoms with E-state index in [1.807, 2.05) is 6.92 Å². The highest BCUT2D eigenvalue weighted by atomic mass is 16.5. The summed E-state index contributed by atoms with van der Waals surface area (Å²) in [6.07, 6.45) is 2.00. The van der Waals surface area contributed by atoms with E-state index in [9.17, 15) is 9.59 Å². The van der Waals surface area contributed by atoms with Crippen molar-refractivity contribution < 1.29 is 18.7 Å². The first-order valence-electron chi connectivity index (χ1n) is 8.52.